The molecule has 40 heavy (non-hydrogen) atoms. The van der Waals surface area contributed by atoms with E-state index in [0.717, 1.165) is 10.3 Å². The Hall–Kier alpha value is -4.83. The van der Waals surface area contributed by atoms with Gasteiger partial charge in [-0.25, -0.2) is 4.98 Å². The Kier molecular flexibility index (Phi) is 6.19. The van der Waals surface area contributed by atoms with E-state index in [4.69, 9.17) is 13.9 Å². The van der Waals surface area contributed by atoms with E-state index in [-0.39, 0.29) is 29.4 Å². The first kappa shape index (κ1) is 25.4. The number of nitrogens with zero attached hydrogens (tertiary/aromatic N) is 2. The highest BCUT2D eigenvalue weighted by Gasteiger charge is 2.47. The van der Waals surface area contributed by atoms with Crippen molar-refractivity contribution in [1.29, 1.82) is 0 Å². The van der Waals surface area contributed by atoms with Gasteiger partial charge in [0.1, 0.15) is 0 Å². The summed E-state index contributed by atoms with van der Waals surface area (Å²) in [6.45, 7) is 4.02. The van der Waals surface area contributed by atoms with Crippen molar-refractivity contribution >= 4 is 49.3 Å². The number of furan rings is 1. The summed E-state index contributed by atoms with van der Waals surface area (Å²) in [5.74, 6) is -1.68. The first-order chi connectivity index (χ1) is 19.3. The molecular formula is C30H24N2O7S. The summed E-state index contributed by atoms with van der Waals surface area (Å²) < 4.78 is 17.7. The number of phenolic OH excluding ortho intramolecular Hbond substituents is 1. The number of aromatic nitrogens is 1. The van der Waals surface area contributed by atoms with Crippen LogP contribution in [0.3, 0.4) is 0 Å². The van der Waals surface area contributed by atoms with Gasteiger partial charge in [0, 0.05) is 5.39 Å². The quantitative estimate of drug-likeness (QED) is 0.226. The molecule has 3 aromatic carbocycles. The number of hydrogen-bond donors (Lipinski definition) is 2. The van der Waals surface area contributed by atoms with Crippen molar-refractivity contribution in [2.75, 3.05) is 18.6 Å². The second-order valence-electron chi connectivity index (χ2n) is 9.29. The van der Waals surface area contributed by atoms with Crippen LogP contribution >= 0.6 is 11.3 Å². The molecule has 0 radical (unpaired) electrons. The maximum atomic E-state index is 14.0. The molecule has 10 heteroatoms. The summed E-state index contributed by atoms with van der Waals surface area (Å²) in [7, 11) is 1.50. The van der Waals surface area contributed by atoms with Crippen LogP contribution < -0.4 is 14.4 Å². The van der Waals surface area contributed by atoms with Crippen molar-refractivity contribution < 1.29 is 33.7 Å². The Bertz CT molecular complexity index is 1850. The van der Waals surface area contributed by atoms with Crippen LogP contribution in [0.2, 0.25) is 0 Å². The number of anilines is 1. The van der Waals surface area contributed by atoms with Crippen LogP contribution in [0.15, 0.2) is 76.4 Å². The number of phenols is 1. The van der Waals surface area contributed by atoms with Gasteiger partial charge in [-0.05, 0) is 61.4 Å². The molecule has 1 amide bonds. The van der Waals surface area contributed by atoms with E-state index in [0.29, 0.717) is 32.9 Å². The van der Waals surface area contributed by atoms with Crippen molar-refractivity contribution in [3.05, 3.63) is 88.9 Å². The molecule has 0 aliphatic carbocycles. The van der Waals surface area contributed by atoms with Gasteiger partial charge < -0.3 is 24.1 Å². The predicted molar refractivity (Wildman–Crippen MR) is 151 cm³/mol. The SMILES string of the molecule is CCOc1cc(C2C(C(=O)c3cc4cccc(OC)c4o3)=C(O)C(=O)N2c2nc3ccc(C)cc3s2)ccc1O. The lowest BCUT2D eigenvalue weighted by Gasteiger charge is -2.24. The standard InChI is InChI=1S/C30H24N2O7S/c1-4-38-21-13-16(9-11-19(21)33)25-24(26(34)22-14-17-6-5-7-20(37-3)28(17)39-22)27(35)29(36)32(25)30-31-18-10-8-15(2)12-23(18)40-30/h5-14,25,33,35H,4H2,1-3H3. The minimum Gasteiger partial charge on any atom is -0.504 e. The molecule has 0 saturated heterocycles. The number of Topliss-reactive ketones (excluding diaryl/α,β-unsaturated/α-hetero) is 1. The average Bonchev–Trinajstić information content (AvgIpc) is 3.63. The van der Waals surface area contributed by atoms with Crippen molar-refractivity contribution in [2.45, 2.75) is 19.9 Å². The molecule has 2 aromatic heterocycles. The van der Waals surface area contributed by atoms with Crippen molar-refractivity contribution in [3.8, 4) is 17.2 Å². The van der Waals surface area contributed by atoms with Gasteiger partial charge in [0.15, 0.2) is 39.5 Å². The second kappa shape index (κ2) is 9.73. The van der Waals surface area contributed by atoms with Crippen LogP contribution in [0, 0.1) is 6.92 Å². The second-order valence-corrected chi connectivity index (χ2v) is 10.3. The number of thiazole rings is 1. The van der Waals surface area contributed by atoms with Crippen LogP contribution in [0.1, 0.15) is 34.6 Å². The molecule has 2 N–H and O–H groups in total. The van der Waals surface area contributed by atoms with E-state index >= 15 is 0 Å². The number of rotatable bonds is 7. The number of hydrogen-bond acceptors (Lipinski definition) is 9. The Morgan fingerprint density at radius 3 is 2.70 bits per heavy atom. The molecule has 0 saturated carbocycles. The molecule has 1 aliphatic heterocycles. The molecule has 6 rings (SSSR count). The first-order valence-electron chi connectivity index (χ1n) is 12.5. The minimum absolute atomic E-state index is 0.0653. The number of aliphatic hydroxyl groups excluding tert-OH is 1. The molecule has 1 atom stereocenters. The van der Waals surface area contributed by atoms with Crippen LogP contribution in [0.5, 0.6) is 17.2 Å². The van der Waals surface area contributed by atoms with Gasteiger partial charge in [-0.3, -0.25) is 14.5 Å². The Morgan fingerprint density at radius 2 is 1.93 bits per heavy atom. The van der Waals surface area contributed by atoms with Crippen molar-refractivity contribution in [2.24, 2.45) is 0 Å². The van der Waals surface area contributed by atoms with E-state index in [1.807, 2.05) is 25.1 Å². The number of aromatic hydroxyl groups is 1. The summed E-state index contributed by atoms with van der Waals surface area (Å²) in [6.07, 6.45) is 0. The maximum absolute atomic E-state index is 14.0. The van der Waals surface area contributed by atoms with Crippen molar-refractivity contribution in [3.63, 3.8) is 0 Å². The third kappa shape index (κ3) is 4.04. The van der Waals surface area contributed by atoms with Crippen LogP contribution in [0.4, 0.5) is 5.13 Å². The Balaban J connectivity index is 1.53. The largest absolute Gasteiger partial charge is 0.504 e. The zero-order chi connectivity index (χ0) is 28.1. The molecule has 0 bridgehead atoms. The zero-order valence-electron chi connectivity index (χ0n) is 21.8. The van der Waals surface area contributed by atoms with Crippen LogP contribution in [0.25, 0.3) is 21.2 Å². The van der Waals surface area contributed by atoms with E-state index in [1.54, 1.807) is 43.3 Å². The fraction of sp³-hybridized carbons (Fsp3) is 0.167. The van der Waals surface area contributed by atoms with Crippen LogP contribution in [-0.4, -0.2) is 40.6 Å². The topological polar surface area (TPSA) is 122 Å². The third-order valence-electron chi connectivity index (χ3n) is 6.74. The van der Waals surface area contributed by atoms with E-state index in [1.165, 1.54) is 29.4 Å². The van der Waals surface area contributed by atoms with Gasteiger partial charge in [0.05, 0.1) is 35.5 Å². The number of ketones is 1. The molecule has 5 aromatic rings. The fourth-order valence-electron chi connectivity index (χ4n) is 4.89. The number of ether oxygens (including phenoxy) is 2. The molecule has 1 unspecified atom stereocenters. The Labute approximate surface area is 232 Å². The average molecular weight is 557 g/mol. The van der Waals surface area contributed by atoms with Gasteiger partial charge in [-0.15, -0.1) is 0 Å². The van der Waals surface area contributed by atoms with E-state index in [2.05, 4.69) is 4.98 Å². The fourth-order valence-corrected chi connectivity index (χ4v) is 5.98. The number of fused-ring (bicyclic) bond motifs is 2. The van der Waals surface area contributed by atoms with E-state index < -0.39 is 23.5 Å². The summed E-state index contributed by atoms with van der Waals surface area (Å²) in [5, 5.41) is 22.4. The maximum Gasteiger partial charge on any atom is 0.296 e. The molecule has 9 nitrogen and oxygen atoms in total. The third-order valence-corrected chi connectivity index (χ3v) is 7.76. The summed E-state index contributed by atoms with van der Waals surface area (Å²) >= 11 is 1.27. The molecule has 0 spiro atoms. The highest BCUT2D eigenvalue weighted by atomic mass is 32.1. The molecule has 3 heterocycles. The normalized spacial score (nSPS) is 15.4. The van der Waals surface area contributed by atoms with Gasteiger partial charge in [-0.2, -0.15) is 0 Å². The van der Waals surface area contributed by atoms with Gasteiger partial charge in [0.25, 0.3) is 5.91 Å². The van der Waals surface area contributed by atoms with Gasteiger partial charge >= 0.3 is 0 Å². The summed E-state index contributed by atoms with van der Waals surface area (Å²) in [6, 6.07) is 16.0. The lowest BCUT2D eigenvalue weighted by atomic mass is 9.95. The lowest BCUT2D eigenvalue weighted by Crippen LogP contribution is -2.31. The number of carbonyl (C=O) groups excluding carboxylic acids is 2. The highest BCUT2D eigenvalue weighted by molar-refractivity contribution is 7.22. The van der Waals surface area contributed by atoms with Gasteiger partial charge in [-0.1, -0.05) is 35.6 Å². The summed E-state index contributed by atoms with van der Waals surface area (Å²) in [4.78, 5) is 33.6. The Morgan fingerprint density at radius 1 is 1.10 bits per heavy atom. The molecule has 202 valence electrons. The number of aliphatic hydroxyl groups is 1. The van der Waals surface area contributed by atoms with Crippen LogP contribution in [-0.2, 0) is 4.79 Å². The zero-order valence-corrected chi connectivity index (χ0v) is 22.6. The number of para-hydroxylation sites is 1. The lowest BCUT2D eigenvalue weighted by molar-refractivity contribution is -0.117. The number of methoxy groups -OCH3 is 1. The highest BCUT2D eigenvalue weighted by Crippen LogP contribution is 2.46. The number of carbonyl (C=O) groups is 2. The minimum atomic E-state index is -1.07. The first-order valence-corrected chi connectivity index (χ1v) is 13.3. The van der Waals surface area contributed by atoms with Gasteiger partial charge in [0.2, 0.25) is 5.78 Å². The monoisotopic (exact) mass is 556 g/mol. The number of amides is 1. The number of benzene rings is 3. The number of aryl methyl sites for hydroxylation is 1. The molecular weight excluding hydrogens is 532 g/mol. The predicted octanol–water partition coefficient (Wildman–Crippen LogP) is 6.25. The smallest absolute Gasteiger partial charge is 0.296 e. The summed E-state index contributed by atoms with van der Waals surface area (Å²) in [5.41, 5.74) is 2.35. The van der Waals surface area contributed by atoms with E-state index in [9.17, 15) is 19.8 Å². The molecule has 0 fully saturated rings. The van der Waals surface area contributed by atoms with Crippen molar-refractivity contribution in [1.82, 2.24) is 4.98 Å². The molecule has 1 aliphatic rings.